The van der Waals surface area contributed by atoms with Crippen LogP contribution >= 0.6 is 0 Å². The van der Waals surface area contributed by atoms with Crippen LogP contribution in [0.4, 0.5) is 13.2 Å². The molecule has 2 aromatic carbocycles. The van der Waals surface area contributed by atoms with E-state index in [1.807, 2.05) is 13.8 Å². The number of benzene rings is 2. The maximum Gasteiger partial charge on any atom is 0.416 e. The van der Waals surface area contributed by atoms with Gasteiger partial charge in [0, 0.05) is 12.6 Å². The van der Waals surface area contributed by atoms with E-state index in [-0.39, 0.29) is 23.0 Å². The minimum atomic E-state index is -4.47. The highest BCUT2D eigenvalue weighted by molar-refractivity contribution is 7.91. The van der Waals surface area contributed by atoms with E-state index < -0.39 is 46.1 Å². The average Bonchev–Trinajstić information content (AvgIpc) is 3.14. The van der Waals surface area contributed by atoms with Crippen LogP contribution in [0.3, 0.4) is 0 Å². The third-order valence-corrected chi connectivity index (χ3v) is 7.28. The number of nitrogens with zero attached hydrogens (tertiary/aromatic N) is 1. The molecule has 0 spiro atoms. The average molecular weight is 498 g/mol. The zero-order valence-corrected chi connectivity index (χ0v) is 19.7. The smallest absolute Gasteiger partial charge is 0.416 e. The number of carbonyl (C=O) groups is 2. The summed E-state index contributed by atoms with van der Waals surface area (Å²) in [6.45, 7) is 3.56. The molecule has 0 aliphatic carbocycles. The van der Waals surface area contributed by atoms with Crippen molar-refractivity contribution in [3.8, 4) is 11.1 Å². The number of sulfone groups is 1. The van der Waals surface area contributed by atoms with Crippen LogP contribution < -0.4 is 0 Å². The molecule has 6 nitrogen and oxygen atoms in total. The third-order valence-electron chi connectivity index (χ3n) is 5.53. The molecule has 1 unspecified atom stereocenters. The van der Waals surface area contributed by atoms with Crippen molar-refractivity contribution in [1.29, 1.82) is 0 Å². The molecule has 2 aromatic rings. The van der Waals surface area contributed by atoms with Gasteiger partial charge >= 0.3 is 12.1 Å². The Labute approximate surface area is 196 Å². The topological polar surface area (TPSA) is 80.8 Å². The number of alkyl halides is 3. The molecule has 1 atom stereocenters. The summed E-state index contributed by atoms with van der Waals surface area (Å²) in [5, 5.41) is 0. The summed E-state index contributed by atoms with van der Waals surface area (Å²) in [5.41, 5.74) is 0.0639. The fourth-order valence-electron chi connectivity index (χ4n) is 3.91. The van der Waals surface area contributed by atoms with Crippen molar-refractivity contribution in [3.05, 3.63) is 59.7 Å². The number of halogens is 3. The highest BCUT2D eigenvalue weighted by Gasteiger charge is 2.35. The summed E-state index contributed by atoms with van der Waals surface area (Å²) < 4.78 is 67.6. The monoisotopic (exact) mass is 497 g/mol. The summed E-state index contributed by atoms with van der Waals surface area (Å²) >= 11 is 0. The second kappa shape index (κ2) is 10.2. The largest absolute Gasteiger partial charge is 0.452 e. The maximum absolute atomic E-state index is 12.9. The summed E-state index contributed by atoms with van der Waals surface area (Å²) in [6, 6.07) is 10.2. The molecule has 1 aliphatic heterocycles. The van der Waals surface area contributed by atoms with Crippen LogP contribution in [0.25, 0.3) is 11.1 Å². The van der Waals surface area contributed by atoms with Gasteiger partial charge in [0.1, 0.15) is 0 Å². The summed E-state index contributed by atoms with van der Waals surface area (Å²) in [5.74, 6) is -1.30. The predicted octanol–water partition coefficient (Wildman–Crippen LogP) is 4.20. The van der Waals surface area contributed by atoms with Gasteiger partial charge in [-0.15, -0.1) is 0 Å². The first-order valence-electron chi connectivity index (χ1n) is 10.8. The van der Waals surface area contributed by atoms with Gasteiger partial charge in [-0.3, -0.25) is 4.79 Å². The number of amides is 1. The zero-order chi connectivity index (χ0) is 25.1. The van der Waals surface area contributed by atoms with E-state index in [4.69, 9.17) is 4.74 Å². The number of hydrogen-bond acceptors (Lipinski definition) is 5. The Morgan fingerprint density at radius 1 is 1.09 bits per heavy atom. The number of carbonyl (C=O) groups excluding carboxylic acids is 2. The molecular formula is C24H26F3NO5S. The van der Waals surface area contributed by atoms with Crippen molar-refractivity contribution in [1.82, 2.24) is 4.90 Å². The second-order valence-electron chi connectivity index (χ2n) is 8.69. The van der Waals surface area contributed by atoms with Crippen LogP contribution in [0.5, 0.6) is 0 Å². The first-order valence-corrected chi connectivity index (χ1v) is 12.6. The summed E-state index contributed by atoms with van der Waals surface area (Å²) in [6.07, 6.45) is -4.14. The van der Waals surface area contributed by atoms with E-state index in [0.717, 1.165) is 12.1 Å². The van der Waals surface area contributed by atoms with Crippen molar-refractivity contribution < 1.29 is 35.9 Å². The standard InChI is InChI=1S/C24H26F3NO5S/c1-16(2)13-28(19-11-12-34(31,32)15-19)22(29)14-33-23(30)21-6-4-3-5-20(21)17-7-9-18(10-8-17)24(25,26)27/h3-10,16,19H,11-15H2,1-2H3. The Kier molecular flexibility index (Phi) is 7.70. The fraction of sp³-hybridized carbons (Fsp3) is 0.417. The molecule has 0 N–H and O–H groups in total. The molecular weight excluding hydrogens is 471 g/mol. The molecule has 0 bridgehead atoms. The number of hydrogen-bond donors (Lipinski definition) is 0. The van der Waals surface area contributed by atoms with Crippen LogP contribution in [0.2, 0.25) is 0 Å². The fourth-order valence-corrected chi connectivity index (χ4v) is 5.64. The van der Waals surface area contributed by atoms with Gasteiger partial charge in [-0.25, -0.2) is 13.2 Å². The lowest BCUT2D eigenvalue weighted by Crippen LogP contribution is -2.45. The van der Waals surface area contributed by atoms with E-state index >= 15 is 0 Å². The van der Waals surface area contributed by atoms with Gasteiger partial charge in [-0.2, -0.15) is 13.2 Å². The quantitative estimate of drug-likeness (QED) is 0.536. The molecule has 1 aliphatic rings. The van der Waals surface area contributed by atoms with E-state index in [1.165, 1.54) is 23.1 Å². The minimum absolute atomic E-state index is 0.0137. The first-order chi connectivity index (χ1) is 15.9. The number of esters is 1. The maximum atomic E-state index is 12.9. The van der Waals surface area contributed by atoms with Gasteiger partial charge in [0.05, 0.1) is 22.6 Å². The molecule has 0 aromatic heterocycles. The van der Waals surface area contributed by atoms with Crippen LogP contribution in [0, 0.1) is 5.92 Å². The molecule has 0 saturated carbocycles. The zero-order valence-electron chi connectivity index (χ0n) is 18.8. The lowest BCUT2D eigenvalue weighted by Gasteiger charge is -2.29. The van der Waals surface area contributed by atoms with Gasteiger partial charge in [-0.05, 0) is 41.7 Å². The van der Waals surface area contributed by atoms with Gasteiger partial charge in [0.2, 0.25) is 0 Å². The molecule has 184 valence electrons. The van der Waals surface area contributed by atoms with Gasteiger partial charge < -0.3 is 9.64 Å². The summed E-state index contributed by atoms with van der Waals surface area (Å²) in [7, 11) is -3.20. The third kappa shape index (κ3) is 6.37. The van der Waals surface area contributed by atoms with Crippen molar-refractivity contribution in [3.63, 3.8) is 0 Å². The minimum Gasteiger partial charge on any atom is -0.452 e. The van der Waals surface area contributed by atoms with Crippen LogP contribution in [0.1, 0.15) is 36.2 Å². The Morgan fingerprint density at radius 2 is 1.74 bits per heavy atom. The van der Waals surface area contributed by atoms with E-state index in [2.05, 4.69) is 0 Å². The van der Waals surface area contributed by atoms with Crippen LogP contribution in [0.15, 0.2) is 48.5 Å². The van der Waals surface area contributed by atoms with Gasteiger partial charge in [0.25, 0.3) is 5.91 Å². The molecule has 3 rings (SSSR count). The molecule has 1 saturated heterocycles. The van der Waals surface area contributed by atoms with E-state index in [9.17, 15) is 31.2 Å². The Hall–Kier alpha value is -2.88. The molecule has 1 heterocycles. The van der Waals surface area contributed by atoms with E-state index in [0.29, 0.717) is 24.1 Å². The molecule has 1 fully saturated rings. The summed E-state index contributed by atoms with van der Waals surface area (Å²) in [4.78, 5) is 27.1. The lowest BCUT2D eigenvalue weighted by molar-refractivity contribution is -0.138. The molecule has 34 heavy (non-hydrogen) atoms. The van der Waals surface area contributed by atoms with Crippen molar-refractivity contribution >= 4 is 21.7 Å². The molecule has 1 amide bonds. The van der Waals surface area contributed by atoms with E-state index in [1.54, 1.807) is 18.2 Å². The Bertz CT molecular complexity index is 1140. The molecule has 10 heteroatoms. The SMILES string of the molecule is CC(C)CN(C(=O)COC(=O)c1ccccc1-c1ccc(C(F)(F)F)cc1)C1CCS(=O)(=O)C1. The Morgan fingerprint density at radius 3 is 2.29 bits per heavy atom. The predicted molar refractivity (Wildman–Crippen MR) is 121 cm³/mol. The Balaban J connectivity index is 1.74. The van der Waals surface area contributed by atoms with Crippen molar-refractivity contribution in [2.45, 2.75) is 32.5 Å². The second-order valence-corrected chi connectivity index (χ2v) is 10.9. The normalized spacial score (nSPS) is 17.5. The highest BCUT2D eigenvalue weighted by Crippen LogP contribution is 2.32. The van der Waals surface area contributed by atoms with Gasteiger partial charge in [0.15, 0.2) is 16.4 Å². The first kappa shape index (κ1) is 25.7. The number of rotatable bonds is 7. The van der Waals surface area contributed by atoms with Crippen LogP contribution in [-0.2, 0) is 25.5 Å². The van der Waals surface area contributed by atoms with Crippen molar-refractivity contribution in [2.75, 3.05) is 24.7 Å². The van der Waals surface area contributed by atoms with Crippen LogP contribution in [-0.4, -0.2) is 55.9 Å². The number of ether oxygens (including phenoxy) is 1. The molecule has 0 radical (unpaired) electrons. The highest BCUT2D eigenvalue weighted by atomic mass is 32.2. The van der Waals surface area contributed by atoms with Crippen molar-refractivity contribution in [2.24, 2.45) is 5.92 Å². The van der Waals surface area contributed by atoms with Gasteiger partial charge in [-0.1, -0.05) is 44.2 Å². The lowest BCUT2D eigenvalue weighted by atomic mass is 9.98.